The summed E-state index contributed by atoms with van der Waals surface area (Å²) in [5, 5.41) is 0. The zero-order valence-electron chi connectivity index (χ0n) is 22.9. The molecule has 200 valence electrons. The van der Waals surface area contributed by atoms with Gasteiger partial charge in [-0.2, -0.15) is 0 Å². The fraction of sp³-hybridized carbons (Fsp3) is 1.00. The van der Waals surface area contributed by atoms with E-state index in [1.165, 1.54) is 85.3 Å². The molecule has 0 aliphatic heterocycles. The number of rotatable bonds is 12. The smallest absolute Gasteiger partial charge is 0.355 e. The first kappa shape index (κ1) is 39.6. The van der Waals surface area contributed by atoms with Gasteiger partial charge in [-0.3, -0.25) is 0 Å². The Balaban J connectivity index is -0.000000167. The van der Waals surface area contributed by atoms with Crippen molar-refractivity contribution in [2.75, 3.05) is 85.3 Å². The third-order valence-electron chi connectivity index (χ3n) is 3.00. The van der Waals surface area contributed by atoms with Crippen molar-refractivity contribution in [3.63, 3.8) is 0 Å². The maximum atomic E-state index is 4.86. The highest BCUT2D eigenvalue weighted by molar-refractivity contribution is 6.74. The third kappa shape index (κ3) is 19.8. The van der Waals surface area contributed by atoms with Gasteiger partial charge in [0.25, 0.3) is 0 Å². The van der Waals surface area contributed by atoms with Crippen molar-refractivity contribution >= 4 is 35.2 Å². The van der Waals surface area contributed by atoms with Crippen LogP contribution in [0.4, 0.5) is 0 Å². The molecule has 0 aliphatic rings. The maximum Gasteiger partial charge on any atom is 0.678 e. The predicted molar refractivity (Wildman–Crippen MR) is 131 cm³/mol. The monoisotopic (exact) mass is 544 g/mol. The van der Waals surface area contributed by atoms with Crippen LogP contribution in [-0.2, 0) is 53.1 Å². The Morgan fingerprint density at radius 2 is 0.312 bits per heavy atom. The largest absolute Gasteiger partial charge is 0.678 e. The van der Waals surface area contributed by atoms with E-state index in [0.29, 0.717) is 0 Å². The van der Waals surface area contributed by atoms with Crippen molar-refractivity contribution in [1.29, 1.82) is 0 Å². The van der Waals surface area contributed by atoms with Crippen molar-refractivity contribution in [2.45, 2.75) is 26.2 Å². The first-order valence-electron chi connectivity index (χ1n) is 9.35. The number of hydrogen-bond donors (Lipinski definition) is 0. The van der Waals surface area contributed by atoms with Gasteiger partial charge in [0.2, 0.25) is 0 Å². The highest BCUT2D eigenvalue weighted by Crippen LogP contribution is 2.05. The Kier molecular flexibility index (Phi) is 27.1. The van der Waals surface area contributed by atoms with Crippen LogP contribution in [0, 0.1) is 0 Å². The molecular weight excluding hydrogens is 497 g/mol. The molecule has 0 saturated heterocycles. The fourth-order valence-corrected chi connectivity index (χ4v) is 4.50. The summed E-state index contributed by atoms with van der Waals surface area (Å²) in [7, 11) is 9.18. The Hall–Kier alpha value is 0.388. The second-order valence-corrected chi connectivity index (χ2v) is 20.8. The van der Waals surface area contributed by atoms with Crippen molar-refractivity contribution < 1.29 is 53.1 Å². The standard InChI is InChI=1S/3C4H12O4Si.C4H12Si/c3*1-5-9(6-2,7-3)8-4;1-5(2,3)4/h3*1-4H3;1-4H3. The van der Waals surface area contributed by atoms with E-state index < -0.39 is 35.2 Å². The summed E-state index contributed by atoms with van der Waals surface area (Å²) in [6, 6.07) is 0. The highest BCUT2D eigenvalue weighted by atomic mass is 28.4. The summed E-state index contributed by atoms with van der Waals surface area (Å²) in [4.78, 5) is 0. The third-order valence-corrected chi connectivity index (χ3v) is 9.00. The molecule has 32 heavy (non-hydrogen) atoms. The van der Waals surface area contributed by atoms with Gasteiger partial charge < -0.3 is 53.1 Å². The fourth-order valence-electron chi connectivity index (χ4n) is 1.50. The highest BCUT2D eigenvalue weighted by Gasteiger charge is 2.41. The summed E-state index contributed by atoms with van der Waals surface area (Å²) in [5.74, 6) is 0. The van der Waals surface area contributed by atoms with Gasteiger partial charge in [0, 0.05) is 93.4 Å². The van der Waals surface area contributed by atoms with Crippen LogP contribution >= 0.6 is 0 Å². The lowest BCUT2D eigenvalue weighted by Gasteiger charge is -2.19. The van der Waals surface area contributed by atoms with Gasteiger partial charge >= 0.3 is 27.1 Å². The molecule has 0 rings (SSSR count). The Morgan fingerprint density at radius 1 is 0.250 bits per heavy atom. The molecule has 0 amide bonds. The molecule has 0 saturated carbocycles. The van der Waals surface area contributed by atoms with E-state index in [9.17, 15) is 0 Å². The lowest BCUT2D eigenvalue weighted by atomic mass is 11.8. The zero-order chi connectivity index (χ0) is 26.5. The molecule has 0 N–H and O–H groups in total. The second kappa shape index (κ2) is 21.9. The van der Waals surface area contributed by atoms with Gasteiger partial charge in [-0.25, -0.2) is 0 Å². The summed E-state index contributed by atoms with van der Waals surface area (Å²) in [5.41, 5.74) is 0. The Labute approximate surface area is 200 Å². The first-order chi connectivity index (χ1) is 14.7. The van der Waals surface area contributed by atoms with Crippen LogP contribution < -0.4 is 0 Å². The quantitative estimate of drug-likeness (QED) is 0.335. The SMILES string of the molecule is CO[Si](OC)(OC)OC.CO[Si](OC)(OC)OC.CO[Si](OC)(OC)OC.C[Si](C)(C)C. The summed E-state index contributed by atoms with van der Waals surface area (Å²) in [6.45, 7) is 9.31. The van der Waals surface area contributed by atoms with E-state index in [-0.39, 0.29) is 0 Å². The van der Waals surface area contributed by atoms with E-state index in [2.05, 4.69) is 26.2 Å². The maximum absolute atomic E-state index is 4.86. The van der Waals surface area contributed by atoms with Gasteiger partial charge in [-0.05, 0) is 0 Å². The van der Waals surface area contributed by atoms with Crippen molar-refractivity contribution in [1.82, 2.24) is 0 Å². The van der Waals surface area contributed by atoms with E-state index in [1.807, 2.05) is 0 Å². The van der Waals surface area contributed by atoms with Crippen LogP contribution in [0.25, 0.3) is 0 Å². The van der Waals surface area contributed by atoms with Crippen molar-refractivity contribution in [3.05, 3.63) is 0 Å². The number of hydrogen-bond acceptors (Lipinski definition) is 12. The van der Waals surface area contributed by atoms with Gasteiger partial charge in [0.1, 0.15) is 0 Å². The minimum absolute atomic E-state index is 0.611. The minimum atomic E-state index is -2.69. The van der Waals surface area contributed by atoms with E-state index >= 15 is 0 Å². The van der Waals surface area contributed by atoms with Crippen LogP contribution in [0.15, 0.2) is 0 Å². The molecule has 0 radical (unpaired) electrons. The molecule has 0 spiro atoms. The van der Waals surface area contributed by atoms with Crippen molar-refractivity contribution in [3.8, 4) is 0 Å². The average Bonchev–Trinajstić information content (AvgIpc) is 2.80. The van der Waals surface area contributed by atoms with Crippen LogP contribution in [0.1, 0.15) is 0 Å². The predicted octanol–water partition coefficient (Wildman–Crippen LogP) is 1.98. The molecular formula is C16H48O12Si4. The molecule has 12 nitrogen and oxygen atoms in total. The Morgan fingerprint density at radius 3 is 0.312 bits per heavy atom. The van der Waals surface area contributed by atoms with Crippen molar-refractivity contribution in [2.24, 2.45) is 0 Å². The second-order valence-electron chi connectivity index (χ2n) is 6.95. The Bertz CT molecular complexity index is 284. The summed E-state index contributed by atoms with van der Waals surface area (Å²) >= 11 is 0. The van der Waals surface area contributed by atoms with Crippen LogP contribution in [0.2, 0.25) is 26.2 Å². The zero-order valence-corrected chi connectivity index (χ0v) is 26.9. The van der Waals surface area contributed by atoms with Gasteiger partial charge in [-0.15, -0.1) is 0 Å². The van der Waals surface area contributed by atoms with Gasteiger partial charge in [-0.1, -0.05) is 26.2 Å². The molecule has 0 bridgehead atoms. The molecule has 0 aliphatic carbocycles. The van der Waals surface area contributed by atoms with Crippen LogP contribution in [0.3, 0.4) is 0 Å². The summed E-state index contributed by atoms with van der Waals surface area (Å²) in [6.07, 6.45) is 0. The topological polar surface area (TPSA) is 111 Å². The van der Waals surface area contributed by atoms with Gasteiger partial charge in [0.15, 0.2) is 0 Å². The average molecular weight is 545 g/mol. The lowest BCUT2D eigenvalue weighted by Crippen LogP contribution is -2.45. The molecule has 0 fully saturated rings. The molecule has 0 unspecified atom stereocenters. The van der Waals surface area contributed by atoms with E-state index in [4.69, 9.17) is 53.1 Å². The van der Waals surface area contributed by atoms with Crippen LogP contribution in [-0.4, -0.2) is 121 Å². The molecule has 0 aromatic carbocycles. The first-order valence-corrected chi connectivity index (χ1v) is 18.2. The molecule has 16 heteroatoms. The lowest BCUT2D eigenvalue weighted by molar-refractivity contribution is 0.0219. The summed E-state index contributed by atoms with van der Waals surface area (Å²) < 4.78 is 58.3. The normalized spacial score (nSPS) is 12.0. The molecule has 0 aromatic heterocycles. The van der Waals surface area contributed by atoms with E-state index in [1.54, 1.807) is 0 Å². The molecule has 0 heterocycles. The van der Waals surface area contributed by atoms with Crippen LogP contribution in [0.5, 0.6) is 0 Å². The van der Waals surface area contributed by atoms with Gasteiger partial charge in [0.05, 0.1) is 0 Å². The van der Waals surface area contributed by atoms with E-state index in [0.717, 1.165) is 0 Å². The molecule has 0 atom stereocenters. The molecule has 0 aromatic rings. The minimum Gasteiger partial charge on any atom is -0.355 e.